The standard InChI is InChI=1S/C20H19ClN8O2S/c1-10-26-17-16(13-5-11(13)9-31-2)15(8-23-19(17)32-10)28-20(30)27-12-6-14(21)18(22-7-12)29-24-3-4-25-29/h3-4,6-8,11,13H,5,9H2,1-2H3,(H2,27,28,30)/t11-,13?/m1/s1. The van der Waals surface area contributed by atoms with Crippen LogP contribution in [-0.4, -0.2) is 49.7 Å². The second-order valence-corrected chi connectivity index (χ2v) is 9.05. The highest BCUT2D eigenvalue weighted by Crippen LogP contribution is 2.52. The zero-order valence-electron chi connectivity index (χ0n) is 17.2. The fourth-order valence-corrected chi connectivity index (χ4v) is 4.75. The number of hydrogen-bond donors (Lipinski definition) is 2. The summed E-state index contributed by atoms with van der Waals surface area (Å²) in [6, 6.07) is 1.17. The third kappa shape index (κ3) is 4.01. The Kier molecular flexibility index (Phi) is 5.45. The number of carbonyl (C=O) groups excluding carboxylic acids is 1. The number of nitrogens with one attached hydrogen (secondary N) is 2. The monoisotopic (exact) mass is 470 g/mol. The topological polar surface area (TPSA) is 120 Å². The molecular formula is C20H19ClN8O2S. The van der Waals surface area contributed by atoms with Crippen LogP contribution >= 0.6 is 22.9 Å². The third-order valence-corrected chi connectivity index (χ3v) is 6.34. The van der Waals surface area contributed by atoms with E-state index in [4.69, 9.17) is 16.3 Å². The van der Waals surface area contributed by atoms with Gasteiger partial charge in [0.05, 0.1) is 46.2 Å². The van der Waals surface area contributed by atoms with E-state index >= 15 is 0 Å². The van der Waals surface area contributed by atoms with Gasteiger partial charge in [0.15, 0.2) is 5.82 Å². The van der Waals surface area contributed by atoms with Crippen molar-refractivity contribution in [2.24, 2.45) is 5.92 Å². The maximum atomic E-state index is 12.8. The molecule has 2 atom stereocenters. The molecule has 2 N–H and O–H groups in total. The van der Waals surface area contributed by atoms with E-state index in [2.05, 4.69) is 35.8 Å². The van der Waals surface area contributed by atoms with Crippen molar-refractivity contribution in [2.45, 2.75) is 19.3 Å². The zero-order valence-corrected chi connectivity index (χ0v) is 18.8. The molecule has 10 nitrogen and oxygen atoms in total. The molecular weight excluding hydrogens is 452 g/mol. The van der Waals surface area contributed by atoms with Crippen LogP contribution in [0.1, 0.15) is 22.9 Å². The van der Waals surface area contributed by atoms with Gasteiger partial charge in [0.1, 0.15) is 10.3 Å². The van der Waals surface area contributed by atoms with Crippen molar-refractivity contribution in [3.63, 3.8) is 0 Å². The van der Waals surface area contributed by atoms with Gasteiger partial charge < -0.3 is 15.4 Å². The van der Waals surface area contributed by atoms with Crippen LogP contribution < -0.4 is 10.6 Å². The average Bonchev–Trinajstić information content (AvgIpc) is 3.12. The lowest BCUT2D eigenvalue weighted by Gasteiger charge is -2.13. The third-order valence-electron chi connectivity index (χ3n) is 5.18. The van der Waals surface area contributed by atoms with Crippen LogP contribution in [0.3, 0.4) is 0 Å². The SMILES string of the molecule is COC[C@H]1CC1c1c(NC(=O)Nc2cnc(-n3nccn3)c(Cl)c2)cnc2sc(C)nc12. The Morgan fingerprint density at radius 1 is 1.28 bits per heavy atom. The number of fused-ring (bicyclic) bond motifs is 1. The molecule has 0 aromatic carbocycles. The molecule has 32 heavy (non-hydrogen) atoms. The summed E-state index contributed by atoms with van der Waals surface area (Å²) in [6.07, 6.45) is 7.23. The van der Waals surface area contributed by atoms with Crippen molar-refractivity contribution in [1.82, 2.24) is 29.9 Å². The lowest BCUT2D eigenvalue weighted by molar-refractivity contribution is 0.184. The fraction of sp³-hybridized carbons (Fsp3) is 0.300. The van der Waals surface area contributed by atoms with Gasteiger partial charge in [-0.1, -0.05) is 22.9 Å². The number of thiazole rings is 1. The Hall–Kier alpha value is -3.15. The number of aryl methyl sites for hydroxylation is 1. The Morgan fingerprint density at radius 2 is 2.09 bits per heavy atom. The second-order valence-electron chi connectivity index (χ2n) is 7.46. The Balaban J connectivity index is 1.37. The number of anilines is 2. The smallest absolute Gasteiger partial charge is 0.323 e. The molecule has 4 aromatic heterocycles. The van der Waals surface area contributed by atoms with Gasteiger partial charge in [-0.3, -0.25) is 0 Å². The summed E-state index contributed by atoms with van der Waals surface area (Å²) in [4.78, 5) is 28.3. The van der Waals surface area contributed by atoms with E-state index in [1.54, 1.807) is 30.7 Å². The summed E-state index contributed by atoms with van der Waals surface area (Å²) < 4.78 is 5.32. The normalized spacial score (nSPS) is 17.5. The quantitative estimate of drug-likeness (QED) is 0.436. The number of halogens is 1. The zero-order chi connectivity index (χ0) is 22.2. The van der Waals surface area contributed by atoms with Gasteiger partial charge in [0, 0.05) is 19.3 Å². The molecule has 12 heteroatoms. The molecule has 0 saturated heterocycles. The van der Waals surface area contributed by atoms with Crippen molar-refractivity contribution >= 4 is 50.7 Å². The first-order valence-corrected chi connectivity index (χ1v) is 11.1. The van der Waals surface area contributed by atoms with Crippen LogP contribution in [0.4, 0.5) is 16.2 Å². The lowest BCUT2D eigenvalue weighted by Crippen LogP contribution is -2.21. The fourth-order valence-electron chi connectivity index (χ4n) is 3.73. The van der Waals surface area contributed by atoms with Crippen LogP contribution in [0.15, 0.2) is 30.9 Å². The van der Waals surface area contributed by atoms with Crippen molar-refractivity contribution in [3.8, 4) is 5.82 Å². The number of carbonyl (C=O) groups is 1. The first kappa shape index (κ1) is 20.7. The van der Waals surface area contributed by atoms with Crippen LogP contribution in [0.5, 0.6) is 0 Å². The molecule has 0 spiro atoms. The number of methoxy groups -OCH3 is 1. The predicted octanol–water partition coefficient (Wildman–Crippen LogP) is 4.02. The van der Waals surface area contributed by atoms with Gasteiger partial charge in [-0.15, -0.1) is 4.80 Å². The lowest BCUT2D eigenvalue weighted by atomic mass is 10.1. The number of hydrogen-bond acceptors (Lipinski definition) is 8. The van der Waals surface area contributed by atoms with Gasteiger partial charge in [0.2, 0.25) is 0 Å². The van der Waals surface area contributed by atoms with Gasteiger partial charge in [0.25, 0.3) is 0 Å². The first-order chi connectivity index (χ1) is 15.5. The highest BCUT2D eigenvalue weighted by molar-refractivity contribution is 7.18. The van der Waals surface area contributed by atoms with Crippen molar-refractivity contribution in [3.05, 3.63) is 46.4 Å². The summed E-state index contributed by atoms with van der Waals surface area (Å²) >= 11 is 7.83. The molecule has 164 valence electrons. The van der Waals surface area contributed by atoms with Gasteiger partial charge in [-0.25, -0.2) is 19.7 Å². The maximum absolute atomic E-state index is 12.8. The summed E-state index contributed by atoms with van der Waals surface area (Å²) in [7, 11) is 1.70. The molecule has 1 aliphatic rings. The summed E-state index contributed by atoms with van der Waals surface area (Å²) in [6.45, 7) is 2.62. The summed E-state index contributed by atoms with van der Waals surface area (Å²) in [5, 5.41) is 14.9. The van der Waals surface area contributed by atoms with Crippen LogP contribution in [0.25, 0.3) is 16.2 Å². The number of rotatable bonds is 6. The number of ether oxygens (including phenoxy) is 1. The van der Waals surface area contributed by atoms with E-state index < -0.39 is 6.03 Å². The number of amides is 2. The van der Waals surface area contributed by atoms with E-state index in [1.165, 1.54) is 23.4 Å². The molecule has 5 rings (SSSR count). The molecule has 1 unspecified atom stereocenters. The Morgan fingerprint density at radius 3 is 2.84 bits per heavy atom. The van der Waals surface area contributed by atoms with Gasteiger partial charge in [-0.05, 0) is 31.2 Å². The molecule has 0 bridgehead atoms. The van der Waals surface area contributed by atoms with Gasteiger partial charge in [-0.2, -0.15) is 10.2 Å². The van der Waals surface area contributed by atoms with Crippen molar-refractivity contribution in [1.29, 1.82) is 0 Å². The average molecular weight is 471 g/mol. The van der Waals surface area contributed by atoms with E-state index in [1.807, 2.05) is 6.92 Å². The predicted molar refractivity (Wildman–Crippen MR) is 122 cm³/mol. The number of urea groups is 1. The number of nitrogens with zero attached hydrogens (tertiary/aromatic N) is 6. The Bertz CT molecular complexity index is 1290. The van der Waals surface area contributed by atoms with Crippen molar-refractivity contribution < 1.29 is 9.53 Å². The van der Waals surface area contributed by atoms with Crippen LogP contribution in [0, 0.1) is 12.8 Å². The molecule has 4 heterocycles. The van der Waals surface area contributed by atoms with Crippen molar-refractivity contribution in [2.75, 3.05) is 24.4 Å². The minimum Gasteiger partial charge on any atom is -0.384 e. The number of pyridine rings is 2. The Labute approximate surface area is 192 Å². The van der Waals surface area contributed by atoms with Crippen LogP contribution in [-0.2, 0) is 4.74 Å². The maximum Gasteiger partial charge on any atom is 0.323 e. The minimum atomic E-state index is -0.425. The van der Waals surface area contributed by atoms with Gasteiger partial charge >= 0.3 is 6.03 Å². The highest BCUT2D eigenvalue weighted by Gasteiger charge is 2.41. The molecule has 4 aromatic rings. The van der Waals surface area contributed by atoms with E-state index in [0.29, 0.717) is 34.7 Å². The van der Waals surface area contributed by atoms with E-state index in [-0.39, 0.29) is 5.92 Å². The second kappa shape index (κ2) is 8.41. The van der Waals surface area contributed by atoms with E-state index in [9.17, 15) is 4.79 Å². The molecule has 2 amide bonds. The minimum absolute atomic E-state index is 0.272. The molecule has 1 aliphatic carbocycles. The largest absolute Gasteiger partial charge is 0.384 e. The first-order valence-electron chi connectivity index (χ1n) is 9.88. The molecule has 1 fully saturated rings. The number of aromatic nitrogens is 6. The van der Waals surface area contributed by atoms with E-state index in [0.717, 1.165) is 27.3 Å². The summed E-state index contributed by atoms with van der Waals surface area (Å²) in [5.41, 5.74) is 2.93. The van der Waals surface area contributed by atoms with Crippen LogP contribution in [0.2, 0.25) is 5.02 Å². The highest BCUT2D eigenvalue weighted by atomic mass is 35.5. The molecule has 1 saturated carbocycles. The summed E-state index contributed by atoms with van der Waals surface area (Å²) in [5.74, 6) is 1.05. The molecule has 0 radical (unpaired) electrons. The molecule has 0 aliphatic heterocycles.